The molecule has 0 radical (unpaired) electrons. The highest BCUT2D eigenvalue weighted by Crippen LogP contribution is 2.39. The Bertz CT molecular complexity index is 985. The van der Waals surface area contributed by atoms with Crippen molar-refractivity contribution in [3.8, 4) is 11.5 Å². The maximum atomic E-state index is 13.2. The predicted molar refractivity (Wildman–Crippen MR) is 110 cm³/mol. The van der Waals surface area contributed by atoms with Gasteiger partial charge in [-0.05, 0) is 49.4 Å². The number of rotatable bonds is 6. The number of anilines is 2. The molecule has 1 unspecified atom stereocenters. The number of hydrogen-bond donors (Lipinski definition) is 1. The molecule has 0 saturated heterocycles. The first-order valence-electron chi connectivity index (χ1n) is 9.28. The molecule has 0 spiro atoms. The van der Waals surface area contributed by atoms with E-state index in [1.807, 2.05) is 79.7 Å². The Kier molecular flexibility index (Phi) is 4.89. The van der Waals surface area contributed by atoms with E-state index >= 15 is 0 Å². The first-order chi connectivity index (χ1) is 13.7. The molecule has 1 heterocycles. The lowest BCUT2D eigenvalue weighted by molar-refractivity contribution is 0.0993. The standard InChI is InChI=1S/C23H22N2O3/c1-3-28-17-14-12-16(13-15-17)25-22(18-8-4-5-9-19(18)23(25)26)24-20-10-6-7-11-21(20)27-2/h4-15,22,24H,3H2,1-2H3. The third-order valence-electron chi connectivity index (χ3n) is 4.79. The Balaban J connectivity index is 1.74. The maximum absolute atomic E-state index is 13.2. The number of para-hydroxylation sites is 2. The van der Waals surface area contributed by atoms with Crippen LogP contribution in [0.5, 0.6) is 11.5 Å². The second kappa shape index (κ2) is 7.64. The molecular weight excluding hydrogens is 352 g/mol. The molecule has 0 saturated carbocycles. The maximum Gasteiger partial charge on any atom is 0.260 e. The molecule has 0 aromatic heterocycles. The SMILES string of the molecule is CCOc1ccc(N2C(=O)c3ccccc3C2Nc2ccccc2OC)cc1. The summed E-state index contributed by atoms with van der Waals surface area (Å²) in [6.45, 7) is 2.55. The zero-order chi connectivity index (χ0) is 19.5. The summed E-state index contributed by atoms with van der Waals surface area (Å²) in [6, 6.07) is 23.0. The van der Waals surface area contributed by atoms with Gasteiger partial charge in [0.1, 0.15) is 17.7 Å². The number of fused-ring (bicyclic) bond motifs is 1. The third-order valence-corrected chi connectivity index (χ3v) is 4.79. The van der Waals surface area contributed by atoms with E-state index in [-0.39, 0.29) is 12.1 Å². The summed E-state index contributed by atoms with van der Waals surface area (Å²) in [7, 11) is 1.64. The monoisotopic (exact) mass is 374 g/mol. The normalized spacial score (nSPS) is 15.3. The molecule has 1 amide bonds. The Morgan fingerprint density at radius 1 is 0.964 bits per heavy atom. The lowest BCUT2D eigenvalue weighted by Crippen LogP contribution is -2.32. The quantitative estimate of drug-likeness (QED) is 0.669. The summed E-state index contributed by atoms with van der Waals surface area (Å²) >= 11 is 0. The summed E-state index contributed by atoms with van der Waals surface area (Å²) in [5.74, 6) is 1.47. The number of amides is 1. The number of methoxy groups -OCH3 is 1. The van der Waals surface area contributed by atoms with Gasteiger partial charge in [0.15, 0.2) is 0 Å². The van der Waals surface area contributed by atoms with Crippen molar-refractivity contribution in [3.63, 3.8) is 0 Å². The number of hydrogen-bond acceptors (Lipinski definition) is 4. The minimum absolute atomic E-state index is 0.0350. The molecule has 1 aliphatic heterocycles. The molecule has 3 aromatic rings. The second-order valence-corrected chi connectivity index (χ2v) is 6.44. The summed E-state index contributed by atoms with van der Waals surface area (Å²) < 4.78 is 11.0. The van der Waals surface area contributed by atoms with Crippen molar-refractivity contribution in [2.75, 3.05) is 23.9 Å². The summed E-state index contributed by atoms with van der Waals surface area (Å²) in [4.78, 5) is 15.0. The van der Waals surface area contributed by atoms with Crippen molar-refractivity contribution in [1.29, 1.82) is 0 Å². The molecule has 1 atom stereocenters. The molecule has 142 valence electrons. The van der Waals surface area contributed by atoms with Crippen LogP contribution in [0.4, 0.5) is 11.4 Å². The van der Waals surface area contributed by atoms with Gasteiger partial charge >= 0.3 is 0 Å². The van der Waals surface area contributed by atoms with E-state index < -0.39 is 0 Å². The van der Waals surface area contributed by atoms with Crippen molar-refractivity contribution >= 4 is 17.3 Å². The van der Waals surface area contributed by atoms with Gasteiger partial charge in [-0.3, -0.25) is 9.69 Å². The van der Waals surface area contributed by atoms with E-state index in [0.717, 1.165) is 28.4 Å². The number of ether oxygens (including phenoxy) is 2. The van der Waals surface area contributed by atoms with Crippen LogP contribution in [0.15, 0.2) is 72.8 Å². The fourth-order valence-corrected chi connectivity index (χ4v) is 3.51. The molecule has 4 rings (SSSR count). The van der Waals surface area contributed by atoms with Crippen LogP contribution in [0, 0.1) is 0 Å². The molecule has 5 heteroatoms. The first-order valence-corrected chi connectivity index (χ1v) is 9.28. The van der Waals surface area contributed by atoms with Gasteiger partial charge < -0.3 is 14.8 Å². The van der Waals surface area contributed by atoms with Crippen LogP contribution in [0.1, 0.15) is 29.0 Å². The van der Waals surface area contributed by atoms with E-state index in [1.165, 1.54) is 0 Å². The largest absolute Gasteiger partial charge is 0.495 e. The molecule has 1 aliphatic rings. The van der Waals surface area contributed by atoms with E-state index in [2.05, 4.69) is 5.32 Å². The van der Waals surface area contributed by atoms with E-state index in [4.69, 9.17) is 9.47 Å². The van der Waals surface area contributed by atoms with Crippen LogP contribution >= 0.6 is 0 Å². The third kappa shape index (κ3) is 3.16. The lowest BCUT2D eigenvalue weighted by atomic mass is 10.1. The highest BCUT2D eigenvalue weighted by molar-refractivity contribution is 6.11. The predicted octanol–water partition coefficient (Wildman–Crippen LogP) is 4.87. The Morgan fingerprint density at radius 2 is 1.68 bits per heavy atom. The van der Waals surface area contributed by atoms with Crippen molar-refractivity contribution in [2.45, 2.75) is 13.1 Å². The van der Waals surface area contributed by atoms with Gasteiger partial charge in [0, 0.05) is 16.8 Å². The summed E-state index contributed by atoms with van der Waals surface area (Å²) in [5.41, 5.74) is 3.27. The van der Waals surface area contributed by atoms with Gasteiger partial charge in [0.25, 0.3) is 5.91 Å². The van der Waals surface area contributed by atoms with Crippen molar-refractivity contribution in [1.82, 2.24) is 0 Å². The van der Waals surface area contributed by atoms with Crippen LogP contribution in [0.25, 0.3) is 0 Å². The molecule has 1 N–H and O–H groups in total. The Labute approximate surface area is 164 Å². The Morgan fingerprint density at radius 3 is 2.43 bits per heavy atom. The smallest absolute Gasteiger partial charge is 0.260 e. The van der Waals surface area contributed by atoms with Gasteiger partial charge in [-0.1, -0.05) is 30.3 Å². The van der Waals surface area contributed by atoms with Gasteiger partial charge in [0.05, 0.1) is 19.4 Å². The molecule has 0 aliphatic carbocycles. The minimum atomic E-state index is -0.335. The van der Waals surface area contributed by atoms with E-state index in [0.29, 0.717) is 12.2 Å². The van der Waals surface area contributed by atoms with Crippen LogP contribution in [0.2, 0.25) is 0 Å². The van der Waals surface area contributed by atoms with Crippen molar-refractivity contribution in [2.24, 2.45) is 0 Å². The van der Waals surface area contributed by atoms with Gasteiger partial charge in [-0.15, -0.1) is 0 Å². The summed E-state index contributed by atoms with van der Waals surface area (Å²) in [6.07, 6.45) is -0.335. The number of nitrogens with zero attached hydrogens (tertiary/aromatic N) is 1. The summed E-state index contributed by atoms with van der Waals surface area (Å²) in [5, 5.41) is 3.48. The molecule has 3 aromatic carbocycles. The first kappa shape index (κ1) is 17.9. The van der Waals surface area contributed by atoms with Crippen LogP contribution in [-0.2, 0) is 0 Å². The van der Waals surface area contributed by atoms with Crippen molar-refractivity contribution in [3.05, 3.63) is 83.9 Å². The van der Waals surface area contributed by atoms with E-state index in [9.17, 15) is 4.79 Å². The molecule has 0 bridgehead atoms. The fourth-order valence-electron chi connectivity index (χ4n) is 3.51. The Hall–Kier alpha value is -3.47. The second-order valence-electron chi connectivity index (χ2n) is 6.44. The highest BCUT2D eigenvalue weighted by Gasteiger charge is 2.37. The van der Waals surface area contributed by atoms with E-state index in [1.54, 1.807) is 12.0 Å². The zero-order valence-electron chi connectivity index (χ0n) is 15.9. The topological polar surface area (TPSA) is 50.8 Å². The number of nitrogens with one attached hydrogen (secondary N) is 1. The molecule has 5 nitrogen and oxygen atoms in total. The zero-order valence-corrected chi connectivity index (χ0v) is 15.9. The average Bonchev–Trinajstić information content (AvgIpc) is 3.01. The minimum Gasteiger partial charge on any atom is -0.495 e. The average molecular weight is 374 g/mol. The molecule has 28 heavy (non-hydrogen) atoms. The van der Waals surface area contributed by atoms with Crippen LogP contribution < -0.4 is 19.7 Å². The number of carbonyl (C=O) groups is 1. The molecular formula is C23H22N2O3. The van der Waals surface area contributed by atoms with Crippen LogP contribution in [0.3, 0.4) is 0 Å². The van der Waals surface area contributed by atoms with Gasteiger partial charge in [0.2, 0.25) is 0 Å². The van der Waals surface area contributed by atoms with Gasteiger partial charge in [-0.2, -0.15) is 0 Å². The van der Waals surface area contributed by atoms with Gasteiger partial charge in [-0.25, -0.2) is 0 Å². The molecule has 0 fully saturated rings. The number of carbonyl (C=O) groups excluding carboxylic acids is 1. The van der Waals surface area contributed by atoms with Crippen molar-refractivity contribution < 1.29 is 14.3 Å². The highest BCUT2D eigenvalue weighted by atomic mass is 16.5. The van der Waals surface area contributed by atoms with Crippen LogP contribution in [-0.4, -0.2) is 19.6 Å². The number of benzene rings is 3. The fraction of sp³-hybridized carbons (Fsp3) is 0.174. The lowest BCUT2D eigenvalue weighted by Gasteiger charge is -2.28.